The molecule has 2 aliphatic rings. The maximum Gasteiger partial charge on any atom is 0.303 e. The smallest absolute Gasteiger partial charge is 0.303 e. The van der Waals surface area contributed by atoms with E-state index in [0.717, 1.165) is 12.5 Å². The molecule has 4 nitrogen and oxygen atoms in total. The Morgan fingerprint density at radius 2 is 2.00 bits per heavy atom. The minimum atomic E-state index is -0.832. The molecule has 4 heteroatoms. The molecular weight excluding hydrogens is 254 g/mol. The van der Waals surface area contributed by atoms with E-state index in [9.17, 15) is 9.59 Å². The summed E-state index contributed by atoms with van der Waals surface area (Å²) >= 11 is 0. The molecule has 2 saturated carbocycles. The monoisotopic (exact) mass is 281 g/mol. The zero-order valence-electron chi connectivity index (χ0n) is 12.7. The van der Waals surface area contributed by atoms with Gasteiger partial charge in [-0.15, -0.1) is 0 Å². The molecule has 2 fully saturated rings. The Balaban J connectivity index is 1.75. The van der Waals surface area contributed by atoms with Crippen molar-refractivity contribution in [2.75, 3.05) is 6.54 Å². The zero-order chi connectivity index (χ0) is 14.8. The van der Waals surface area contributed by atoms with E-state index < -0.39 is 5.97 Å². The van der Waals surface area contributed by atoms with Crippen molar-refractivity contribution in [3.8, 4) is 0 Å². The first kappa shape index (κ1) is 15.3. The van der Waals surface area contributed by atoms with Crippen LogP contribution >= 0.6 is 0 Å². The van der Waals surface area contributed by atoms with Gasteiger partial charge in [-0.3, -0.25) is 9.59 Å². The third-order valence-corrected chi connectivity index (χ3v) is 5.08. The molecule has 0 aromatic rings. The topological polar surface area (TPSA) is 66.4 Å². The van der Waals surface area contributed by atoms with Crippen molar-refractivity contribution in [3.05, 3.63) is 0 Å². The summed E-state index contributed by atoms with van der Waals surface area (Å²) in [4.78, 5) is 22.2. The average molecular weight is 281 g/mol. The molecule has 0 heterocycles. The van der Waals surface area contributed by atoms with E-state index in [2.05, 4.69) is 19.2 Å². The Labute approximate surface area is 121 Å². The minimum absolute atomic E-state index is 0.00412. The van der Waals surface area contributed by atoms with Crippen molar-refractivity contribution in [2.45, 2.75) is 65.2 Å². The maximum absolute atomic E-state index is 11.8. The molecule has 0 aromatic carbocycles. The number of fused-ring (bicyclic) bond motifs is 2. The molecule has 114 valence electrons. The maximum atomic E-state index is 11.8. The van der Waals surface area contributed by atoms with Gasteiger partial charge in [0, 0.05) is 19.4 Å². The van der Waals surface area contributed by atoms with Gasteiger partial charge in [0.05, 0.1) is 0 Å². The van der Waals surface area contributed by atoms with Crippen LogP contribution in [0.15, 0.2) is 0 Å². The molecule has 0 saturated heterocycles. The number of carboxylic acid groups (broad SMARTS) is 1. The first-order chi connectivity index (χ1) is 9.30. The van der Waals surface area contributed by atoms with Gasteiger partial charge >= 0.3 is 5.97 Å². The molecule has 0 radical (unpaired) electrons. The third kappa shape index (κ3) is 3.97. The number of hydrogen-bond acceptors (Lipinski definition) is 2. The van der Waals surface area contributed by atoms with Crippen molar-refractivity contribution in [1.82, 2.24) is 5.32 Å². The van der Waals surface area contributed by atoms with E-state index in [1.54, 1.807) is 0 Å². The third-order valence-electron chi connectivity index (χ3n) is 5.08. The summed E-state index contributed by atoms with van der Waals surface area (Å²) in [6, 6.07) is 0. The summed E-state index contributed by atoms with van der Waals surface area (Å²) in [6.45, 7) is 5.42. The van der Waals surface area contributed by atoms with E-state index in [1.807, 2.05) is 0 Å². The quantitative estimate of drug-likeness (QED) is 0.786. The fourth-order valence-electron chi connectivity index (χ4n) is 4.52. The van der Waals surface area contributed by atoms with Crippen LogP contribution in [0, 0.1) is 16.7 Å². The van der Waals surface area contributed by atoms with Crippen molar-refractivity contribution in [3.63, 3.8) is 0 Å². The molecule has 2 bridgehead atoms. The van der Waals surface area contributed by atoms with Crippen LogP contribution in [0.1, 0.15) is 65.2 Å². The van der Waals surface area contributed by atoms with Gasteiger partial charge in [-0.25, -0.2) is 0 Å². The average Bonchev–Trinajstić information content (AvgIpc) is 2.61. The van der Waals surface area contributed by atoms with E-state index in [1.165, 1.54) is 32.1 Å². The lowest BCUT2D eigenvalue weighted by Crippen LogP contribution is -2.41. The second-order valence-corrected chi connectivity index (χ2v) is 7.64. The Morgan fingerprint density at radius 3 is 2.65 bits per heavy atom. The van der Waals surface area contributed by atoms with Crippen LogP contribution in [-0.4, -0.2) is 23.5 Å². The Bertz CT molecular complexity index is 395. The molecule has 20 heavy (non-hydrogen) atoms. The number of aliphatic carboxylic acids is 1. The molecule has 0 aliphatic heterocycles. The normalized spacial score (nSPS) is 35.8. The summed E-state index contributed by atoms with van der Waals surface area (Å²) in [7, 11) is 0. The highest BCUT2D eigenvalue weighted by Gasteiger charge is 2.47. The van der Waals surface area contributed by atoms with Gasteiger partial charge in [0.15, 0.2) is 0 Å². The number of hydrogen-bond donors (Lipinski definition) is 2. The fourth-order valence-corrected chi connectivity index (χ4v) is 4.52. The molecule has 3 unspecified atom stereocenters. The van der Waals surface area contributed by atoms with Crippen LogP contribution in [0.25, 0.3) is 0 Å². The fraction of sp³-hybridized carbons (Fsp3) is 0.875. The van der Waals surface area contributed by atoms with E-state index >= 15 is 0 Å². The summed E-state index contributed by atoms with van der Waals surface area (Å²) < 4.78 is 0. The van der Waals surface area contributed by atoms with Crippen molar-refractivity contribution < 1.29 is 14.7 Å². The minimum Gasteiger partial charge on any atom is -0.481 e. The predicted molar refractivity (Wildman–Crippen MR) is 77.3 cm³/mol. The van der Waals surface area contributed by atoms with Gasteiger partial charge in [0.1, 0.15) is 0 Å². The number of nitrogens with one attached hydrogen (secondary N) is 1. The number of rotatable bonds is 6. The number of carbonyl (C=O) groups excluding carboxylic acids is 1. The van der Waals surface area contributed by atoms with Crippen LogP contribution < -0.4 is 5.32 Å². The zero-order valence-corrected chi connectivity index (χ0v) is 12.7. The lowest BCUT2D eigenvalue weighted by atomic mass is 9.64. The lowest BCUT2D eigenvalue weighted by Gasteiger charge is -2.43. The Morgan fingerprint density at radius 1 is 1.25 bits per heavy atom. The predicted octanol–water partition coefficient (Wildman–Crippen LogP) is 2.96. The van der Waals surface area contributed by atoms with E-state index in [4.69, 9.17) is 5.11 Å². The van der Waals surface area contributed by atoms with Crippen molar-refractivity contribution in [2.24, 2.45) is 16.7 Å². The highest BCUT2D eigenvalue weighted by Crippen LogP contribution is 2.57. The van der Waals surface area contributed by atoms with E-state index in [0.29, 0.717) is 18.3 Å². The van der Waals surface area contributed by atoms with Gasteiger partial charge in [0.25, 0.3) is 0 Å². The van der Waals surface area contributed by atoms with Gasteiger partial charge < -0.3 is 10.4 Å². The van der Waals surface area contributed by atoms with Crippen LogP contribution in [0.3, 0.4) is 0 Å². The standard InChI is InChI=1S/C16H27NO3/c1-15-7-6-12(8-15)9-16(2,10-15)11-17-13(18)4-3-5-14(19)20/h12H,3-11H2,1-2H3,(H,17,18)(H,19,20). The second kappa shape index (κ2) is 5.74. The van der Waals surface area contributed by atoms with Crippen LogP contribution in [0.2, 0.25) is 0 Å². The van der Waals surface area contributed by atoms with Crippen LogP contribution in [-0.2, 0) is 9.59 Å². The molecule has 2 N–H and O–H groups in total. The Hall–Kier alpha value is -1.06. The summed E-state index contributed by atoms with van der Waals surface area (Å²) in [6.07, 6.45) is 7.28. The number of amides is 1. The van der Waals surface area contributed by atoms with E-state index in [-0.39, 0.29) is 17.7 Å². The first-order valence-corrected chi connectivity index (χ1v) is 7.79. The van der Waals surface area contributed by atoms with Gasteiger partial charge in [-0.05, 0) is 55.3 Å². The highest BCUT2D eigenvalue weighted by atomic mass is 16.4. The number of carboxylic acids is 1. The van der Waals surface area contributed by atoms with Gasteiger partial charge in [-0.2, -0.15) is 0 Å². The van der Waals surface area contributed by atoms with Crippen LogP contribution in [0.4, 0.5) is 0 Å². The molecule has 0 spiro atoms. The summed E-state index contributed by atoms with van der Waals surface area (Å²) in [5, 5.41) is 11.6. The van der Waals surface area contributed by atoms with Gasteiger partial charge in [0.2, 0.25) is 5.91 Å². The SMILES string of the molecule is CC12CCC(C1)CC(C)(CNC(=O)CCCC(=O)O)C2. The Kier molecular flexibility index (Phi) is 4.40. The van der Waals surface area contributed by atoms with Crippen LogP contribution in [0.5, 0.6) is 0 Å². The molecule has 1 amide bonds. The molecule has 2 aliphatic carbocycles. The highest BCUT2D eigenvalue weighted by molar-refractivity contribution is 5.76. The van der Waals surface area contributed by atoms with Gasteiger partial charge in [-0.1, -0.05) is 13.8 Å². The molecular formula is C16H27NO3. The second-order valence-electron chi connectivity index (χ2n) is 7.64. The first-order valence-electron chi connectivity index (χ1n) is 7.79. The molecule has 0 aromatic heterocycles. The van der Waals surface area contributed by atoms with Crippen molar-refractivity contribution in [1.29, 1.82) is 0 Å². The molecule has 3 atom stereocenters. The molecule has 2 rings (SSSR count). The summed E-state index contributed by atoms with van der Waals surface area (Å²) in [5.41, 5.74) is 0.697. The lowest BCUT2D eigenvalue weighted by molar-refractivity contribution is -0.137. The summed E-state index contributed by atoms with van der Waals surface area (Å²) in [5.74, 6) is -0.000228. The largest absolute Gasteiger partial charge is 0.481 e. The number of carbonyl (C=O) groups is 2. The van der Waals surface area contributed by atoms with Crippen molar-refractivity contribution >= 4 is 11.9 Å².